The van der Waals surface area contributed by atoms with Crippen molar-refractivity contribution >= 4 is 0 Å². The van der Waals surface area contributed by atoms with E-state index in [1.54, 1.807) is 0 Å². The van der Waals surface area contributed by atoms with Gasteiger partial charge in [0.25, 0.3) is 0 Å². The monoisotopic (exact) mass is 517 g/mol. The molecule has 0 aliphatic heterocycles. The molecule has 36 heavy (non-hydrogen) atoms. The van der Waals surface area contributed by atoms with Gasteiger partial charge in [-0.1, -0.05) is 156 Å². The molecule has 0 rings (SSSR count). The Morgan fingerprint density at radius 2 is 0.389 bits per heavy atom. The molecule has 0 spiro atoms. The van der Waals surface area contributed by atoms with E-state index < -0.39 is 0 Å². The summed E-state index contributed by atoms with van der Waals surface area (Å²) in [6, 6.07) is 0. The first kappa shape index (κ1) is 42.9. The molecular weight excluding hydrogens is 440 g/mol. The van der Waals surface area contributed by atoms with Gasteiger partial charge in [-0.3, -0.25) is 0 Å². The minimum Gasteiger partial charge on any atom is -0.330 e. The molecule has 0 aromatic carbocycles. The third-order valence-corrected chi connectivity index (χ3v) is 6.23. The number of rotatable bonds is 24. The molecule has 0 aromatic heterocycles. The van der Waals surface area contributed by atoms with Crippen molar-refractivity contribution < 1.29 is 0 Å². The Morgan fingerprint density at radius 3 is 0.556 bits per heavy atom. The van der Waals surface area contributed by atoms with Crippen molar-refractivity contribution in [2.45, 2.75) is 182 Å². The Hall–Kier alpha value is -0.160. The Kier molecular flexibility index (Phi) is 61.4. The summed E-state index contributed by atoms with van der Waals surface area (Å²) < 4.78 is 0. The molecule has 224 valence electrons. The van der Waals surface area contributed by atoms with Crippen molar-refractivity contribution in [1.82, 2.24) is 0 Å². The molecule has 0 atom stereocenters. The summed E-state index contributed by atoms with van der Waals surface area (Å²) >= 11 is 0. The number of unbranched alkanes of at least 4 members (excludes halogenated alkanes) is 20. The third kappa shape index (κ3) is 64.2. The summed E-state index contributed by atoms with van der Waals surface area (Å²) in [4.78, 5) is 0. The summed E-state index contributed by atoms with van der Waals surface area (Å²) in [6.07, 6.45) is 32.5. The molecule has 8 N–H and O–H groups in total. The van der Waals surface area contributed by atoms with Gasteiger partial charge in [0.15, 0.2) is 0 Å². The highest BCUT2D eigenvalue weighted by atomic mass is 14.5. The van der Waals surface area contributed by atoms with Crippen LogP contribution in [-0.2, 0) is 0 Å². The highest BCUT2D eigenvalue weighted by Gasteiger charge is 1.91. The zero-order chi connectivity index (χ0) is 27.8. The van der Waals surface area contributed by atoms with Crippen LogP contribution in [0.25, 0.3) is 0 Å². The lowest BCUT2D eigenvalue weighted by atomic mass is 10.1. The predicted octanol–water partition coefficient (Wildman–Crippen LogP) is 9.22. The van der Waals surface area contributed by atoms with Crippen LogP contribution in [0.5, 0.6) is 0 Å². The van der Waals surface area contributed by atoms with Gasteiger partial charge in [-0.05, 0) is 51.9 Å². The second-order valence-electron chi connectivity index (χ2n) is 10.2. The van der Waals surface area contributed by atoms with Crippen LogP contribution >= 0.6 is 0 Å². The molecule has 0 amide bonds. The van der Waals surface area contributed by atoms with E-state index in [2.05, 4.69) is 27.7 Å². The molecule has 0 saturated carbocycles. The fourth-order valence-electron chi connectivity index (χ4n) is 3.69. The maximum absolute atomic E-state index is 5.42. The lowest BCUT2D eigenvalue weighted by Crippen LogP contribution is -1.97. The smallest absolute Gasteiger partial charge is 0.00773 e. The molecule has 0 bridgehead atoms. The molecule has 4 heteroatoms. The zero-order valence-corrected chi connectivity index (χ0v) is 26.1. The first-order valence-electron chi connectivity index (χ1n) is 16.5. The molecule has 0 unspecified atom stereocenters. The molecule has 0 saturated heterocycles. The molecule has 0 aromatic rings. The minimum atomic E-state index is 0.844. The van der Waals surface area contributed by atoms with Gasteiger partial charge in [-0.2, -0.15) is 0 Å². The van der Waals surface area contributed by atoms with Crippen molar-refractivity contribution in [3.05, 3.63) is 0 Å². The Morgan fingerprint density at radius 1 is 0.222 bits per heavy atom. The van der Waals surface area contributed by atoms with Gasteiger partial charge in [0, 0.05) is 0 Å². The quantitative estimate of drug-likeness (QED) is 0.0959. The van der Waals surface area contributed by atoms with Gasteiger partial charge in [-0.25, -0.2) is 0 Å². The summed E-state index contributed by atoms with van der Waals surface area (Å²) in [5.41, 5.74) is 21.2. The molecule has 4 nitrogen and oxygen atoms in total. The van der Waals surface area contributed by atoms with Gasteiger partial charge < -0.3 is 22.9 Å². The molecule has 0 aliphatic rings. The first-order chi connectivity index (χ1) is 17.7. The predicted molar refractivity (Wildman–Crippen MR) is 170 cm³/mol. The van der Waals surface area contributed by atoms with E-state index in [0.717, 1.165) is 26.2 Å². The molecule has 0 heterocycles. The van der Waals surface area contributed by atoms with E-state index in [0.29, 0.717) is 0 Å². The summed E-state index contributed by atoms with van der Waals surface area (Å²) in [7, 11) is 0. The zero-order valence-electron chi connectivity index (χ0n) is 26.1. The van der Waals surface area contributed by atoms with Crippen molar-refractivity contribution in [2.75, 3.05) is 26.2 Å². The van der Waals surface area contributed by atoms with Crippen LogP contribution in [0.4, 0.5) is 0 Å². The first-order valence-corrected chi connectivity index (χ1v) is 16.5. The number of hydrogen-bond donors (Lipinski definition) is 4. The van der Waals surface area contributed by atoms with E-state index >= 15 is 0 Å². The Labute approximate surface area is 230 Å². The van der Waals surface area contributed by atoms with E-state index in [-0.39, 0.29) is 0 Å². The third-order valence-electron chi connectivity index (χ3n) is 6.23. The Balaban J connectivity index is -0.000000201. The van der Waals surface area contributed by atoms with E-state index in [9.17, 15) is 0 Å². The SMILES string of the molecule is CCCCCCCCCCCCN.CCCCCCCCCCN.CCCCCCN.CCCCN. The van der Waals surface area contributed by atoms with E-state index in [1.165, 1.54) is 154 Å². The average molecular weight is 517 g/mol. The van der Waals surface area contributed by atoms with Crippen LogP contribution in [0.1, 0.15) is 182 Å². The van der Waals surface area contributed by atoms with Crippen molar-refractivity contribution in [2.24, 2.45) is 22.9 Å². The fraction of sp³-hybridized carbons (Fsp3) is 1.00. The topological polar surface area (TPSA) is 104 Å². The second-order valence-corrected chi connectivity index (χ2v) is 10.2. The number of hydrogen-bond acceptors (Lipinski definition) is 4. The van der Waals surface area contributed by atoms with E-state index in [1.807, 2.05) is 0 Å². The fourth-order valence-corrected chi connectivity index (χ4v) is 3.69. The van der Waals surface area contributed by atoms with Gasteiger partial charge >= 0.3 is 0 Å². The van der Waals surface area contributed by atoms with Crippen LogP contribution in [0, 0.1) is 0 Å². The average Bonchev–Trinajstić information content (AvgIpc) is 2.89. The van der Waals surface area contributed by atoms with Crippen LogP contribution in [-0.4, -0.2) is 26.2 Å². The van der Waals surface area contributed by atoms with Gasteiger partial charge in [0.2, 0.25) is 0 Å². The van der Waals surface area contributed by atoms with Crippen LogP contribution in [0.15, 0.2) is 0 Å². The molecule has 0 radical (unpaired) electrons. The van der Waals surface area contributed by atoms with E-state index in [4.69, 9.17) is 22.9 Å². The highest BCUT2D eigenvalue weighted by Crippen LogP contribution is 2.10. The summed E-state index contributed by atoms with van der Waals surface area (Å²) in [6.45, 7) is 12.3. The summed E-state index contributed by atoms with van der Waals surface area (Å²) in [5, 5.41) is 0. The maximum Gasteiger partial charge on any atom is -0.00773 e. The van der Waals surface area contributed by atoms with Crippen LogP contribution in [0.3, 0.4) is 0 Å². The largest absolute Gasteiger partial charge is 0.330 e. The lowest BCUT2D eigenvalue weighted by Gasteiger charge is -2.00. The Bertz CT molecular complexity index is 263. The van der Waals surface area contributed by atoms with Crippen LogP contribution < -0.4 is 22.9 Å². The second kappa shape index (κ2) is 51.5. The van der Waals surface area contributed by atoms with Gasteiger partial charge in [0.05, 0.1) is 0 Å². The van der Waals surface area contributed by atoms with Crippen molar-refractivity contribution in [3.63, 3.8) is 0 Å². The van der Waals surface area contributed by atoms with Gasteiger partial charge in [0.1, 0.15) is 0 Å². The van der Waals surface area contributed by atoms with Crippen molar-refractivity contribution in [1.29, 1.82) is 0 Å². The normalized spacial score (nSPS) is 10.0. The van der Waals surface area contributed by atoms with Crippen LogP contribution in [0.2, 0.25) is 0 Å². The van der Waals surface area contributed by atoms with Crippen molar-refractivity contribution in [3.8, 4) is 0 Å². The molecule has 0 fully saturated rings. The summed E-state index contributed by atoms with van der Waals surface area (Å²) in [5.74, 6) is 0. The maximum atomic E-state index is 5.42. The molecular formula is C32H76N4. The highest BCUT2D eigenvalue weighted by molar-refractivity contribution is 4.48. The van der Waals surface area contributed by atoms with Gasteiger partial charge in [-0.15, -0.1) is 0 Å². The minimum absolute atomic E-state index is 0.844. The standard InChI is InChI=1S/C12H27N.C10H23N.C6H15N.C4H11N/c1-2-3-4-5-6-7-8-9-10-11-12-13;1-2-3-4-5-6-7-8-9-10-11;1-2-3-4-5-6-7;1-2-3-4-5/h2-13H2,1H3;2-11H2,1H3;2-7H2,1H3;2-5H2,1H3. The number of nitrogens with two attached hydrogens (primary N) is 4. The lowest BCUT2D eigenvalue weighted by molar-refractivity contribution is 0.558. The molecule has 0 aliphatic carbocycles.